The zero-order valence-electron chi connectivity index (χ0n) is 12.5. The summed E-state index contributed by atoms with van der Waals surface area (Å²) < 4.78 is 6.97. The van der Waals surface area contributed by atoms with E-state index in [1.54, 1.807) is 0 Å². The predicted molar refractivity (Wildman–Crippen MR) is 88.3 cm³/mol. The molecule has 0 unspecified atom stereocenters. The van der Waals surface area contributed by atoms with Crippen LogP contribution in [0.2, 0.25) is 0 Å². The van der Waals surface area contributed by atoms with Crippen molar-refractivity contribution >= 4 is 15.9 Å². The largest absolute Gasteiger partial charge is 0.493 e. The lowest BCUT2D eigenvalue weighted by atomic mass is 10.1. The molecule has 0 amide bonds. The standard InChI is InChI=1S/C17H26BrNO/c1-2-11-20-17-10-9-15(18)12-14(17)13-19-16-7-5-3-4-6-8-16/h9-10,12,16,19H,2-8,11,13H2,1H3. The van der Waals surface area contributed by atoms with E-state index in [9.17, 15) is 0 Å². The minimum atomic E-state index is 0.676. The first kappa shape index (κ1) is 15.8. The summed E-state index contributed by atoms with van der Waals surface area (Å²) >= 11 is 3.56. The third-order valence-corrected chi connectivity index (χ3v) is 4.41. The molecule has 2 nitrogen and oxygen atoms in total. The zero-order chi connectivity index (χ0) is 14.2. The Kier molecular flexibility index (Phi) is 6.88. The van der Waals surface area contributed by atoms with Crippen molar-refractivity contribution in [1.82, 2.24) is 5.32 Å². The van der Waals surface area contributed by atoms with Gasteiger partial charge in [-0.15, -0.1) is 0 Å². The van der Waals surface area contributed by atoms with Crippen LogP contribution in [-0.2, 0) is 6.54 Å². The van der Waals surface area contributed by atoms with E-state index in [2.05, 4.69) is 46.4 Å². The second-order valence-electron chi connectivity index (χ2n) is 5.67. The average Bonchev–Trinajstić information content (AvgIpc) is 2.72. The van der Waals surface area contributed by atoms with Crippen LogP contribution in [0.3, 0.4) is 0 Å². The van der Waals surface area contributed by atoms with E-state index in [1.807, 2.05) is 0 Å². The number of rotatable bonds is 6. The molecule has 0 saturated heterocycles. The Labute approximate surface area is 131 Å². The van der Waals surface area contributed by atoms with E-state index in [4.69, 9.17) is 4.74 Å². The lowest BCUT2D eigenvalue weighted by Crippen LogP contribution is -2.28. The highest BCUT2D eigenvalue weighted by atomic mass is 79.9. The minimum absolute atomic E-state index is 0.676. The van der Waals surface area contributed by atoms with Crippen LogP contribution >= 0.6 is 15.9 Å². The third-order valence-electron chi connectivity index (χ3n) is 3.92. The number of ether oxygens (including phenoxy) is 1. The van der Waals surface area contributed by atoms with Gasteiger partial charge in [0, 0.05) is 22.6 Å². The molecule has 1 aliphatic rings. The Balaban J connectivity index is 1.94. The van der Waals surface area contributed by atoms with Crippen molar-refractivity contribution in [3.8, 4) is 5.75 Å². The molecule has 20 heavy (non-hydrogen) atoms. The normalized spacial score (nSPS) is 16.9. The predicted octanol–water partition coefficient (Wildman–Crippen LogP) is 5.05. The van der Waals surface area contributed by atoms with E-state index in [0.29, 0.717) is 6.04 Å². The molecule has 3 heteroatoms. The second-order valence-corrected chi connectivity index (χ2v) is 6.59. The van der Waals surface area contributed by atoms with Gasteiger partial charge >= 0.3 is 0 Å². The maximum Gasteiger partial charge on any atom is 0.123 e. The first-order chi connectivity index (χ1) is 9.79. The molecule has 0 radical (unpaired) electrons. The van der Waals surface area contributed by atoms with Crippen LogP contribution in [-0.4, -0.2) is 12.6 Å². The van der Waals surface area contributed by atoms with Crippen LogP contribution in [0.25, 0.3) is 0 Å². The van der Waals surface area contributed by atoms with Crippen molar-refractivity contribution in [2.45, 2.75) is 64.5 Å². The molecule has 1 aromatic rings. The maximum absolute atomic E-state index is 5.85. The summed E-state index contributed by atoms with van der Waals surface area (Å²) in [5, 5.41) is 3.72. The number of hydrogen-bond acceptors (Lipinski definition) is 2. The average molecular weight is 340 g/mol. The topological polar surface area (TPSA) is 21.3 Å². The van der Waals surface area contributed by atoms with Gasteiger partial charge in [0.25, 0.3) is 0 Å². The molecule has 0 aromatic heterocycles. The first-order valence-corrected chi connectivity index (χ1v) is 8.73. The summed E-state index contributed by atoms with van der Waals surface area (Å²) in [5.41, 5.74) is 1.26. The van der Waals surface area contributed by atoms with Crippen molar-refractivity contribution in [3.63, 3.8) is 0 Å². The number of nitrogens with one attached hydrogen (secondary N) is 1. The van der Waals surface area contributed by atoms with Gasteiger partial charge in [-0.05, 0) is 37.5 Å². The third kappa shape index (κ3) is 5.10. The lowest BCUT2D eigenvalue weighted by molar-refractivity contribution is 0.312. The summed E-state index contributed by atoms with van der Waals surface area (Å²) in [6, 6.07) is 6.98. The fourth-order valence-electron chi connectivity index (χ4n) is 2.78. The van der Waals surface area contributed by atoms with E-state index in [1.165, 1.54) is 44.1 Å². The van der Waals surface area contributed by atoms with Crippen molar-refractivity contribution in [2.24, 2.45) is 0 Å². The highest BCUT2D eigenvalue weighted by Gasteiger charge is 2.12. The quantitative estimate of drug-likeness (QED) is 0.732. The zero-order valence-corrected chi connectivity index (χ0v) is 14.0. The molecule has 1 fully saturated rings. The highest BCUT2D eigenvalue weighted by molar-refractivity contribution is 9.10. The molecule has 0 atom stereocenters. The van der Waals surface area contributed by atoms with Crippen LogP contribution in [0.15, 0.2) is 22.7 Å². The van der Waals surface area contributed by atoms with E-state index >= 15 is 0 Å². The lowest BCUT2D eigenvalue weighted by Gasteiger charge is -2.18. The molecule has 0 bridgehead atoms. The van der Waals surface area contributed by atoms with Gasteiger partial charge in [0.15, 0.2) is 0 Å². The summed E-state index contributed by atoms with van der Waals surface area (Å²) in [6.07, 6.45) is 9.23. The van der Waals surface area contributed by atoms with Gasteiger partial charge in [-0.2, -0.15) is 0 Å². The monoisotopic (exact) mass is 339 g/mol. The van der Waals surface area contributed by atoms with Crippen molar-refractivity contribution in [2.75, 3.05) is 6.61 Å². The summed E-state index contributed by atoms with van der Waals surface area (Å²) in [5.74, 6) is 1.02. The Morgan fingerprint density at radius 3 is 2.65 bits per heavy atom. The first-order valence-electron chi connectivity index (χ1n) is 7.94. The van der Waals surface area contributed by atoms with Crippen LogP contribution in [0.1, 0.15) is 57.4 Å². The van der Waals surface area contributed by atoms with E-state index < -0.39 is 0 Å². The van der Waals surface area contributed by atoms with Gasteiger partial charge in [-0.25, -0.2) is 0 Å². The molecular formula is C17H26BrNO. The second kappa shape index (κ2) is 8.68. The summed E-state index contributed by atoms with van der Waals surface area (Å²) in [7, 11) is 0. The molecule has 112 valence electrons. The Bertz CT molecular complexity index is 400. The van der Waals surface area contributed by atoms with Crippen LogP contribution < -0.4 is 10.1 Å². The van der Waals surface area contributed by atoms with Gasteiger partial charge in [0.05, 0.1) is 6.61 Å². The van der Waals surface area contributed by atoms with Gasteiger partial charge in [-0.3, -0.25) is 0 Å². The van der Waals surface area contributed by atoms with Crippen LogP contribution in [0.5, 0.6) is 5.75 Å². The van der Waals surface area contributed by atoms with Gasteiger partial charge in [0.2, 0.25) is 0 Å². The number of benzene rings is 1. The van der Waals surface area contributed by atoms with Gasteiger partial charge < -0.3 is 10.1 Å². The molecular weight excluding hydrogens is 314 g/mol. The molecule has 1 aromatic carbocycles. The summed E-state index contributed by atoms with van der Waals surface area (Å²) in [6.45, 7) is 3.84. The number of halogens is 1. The molecule has 0 heterocycles. The van der Waals surface area contributed by atoms with E-state index in [0.717, 1.165) is 29.8 Å². The van der Waals surface area contributed by atoms with Crippen molar-refractivity contribution < 1.29 is 4.74 Å². The van der Waals surface area contributed by atoms with Crippen LogP contribution in [0, 0.1) is 0 Å². The van der Waals surface area contributed by atoms with Crippen molar-refractivity contribution in [1.29, 1.82) is 0 Å². The molecule has 0 spiro atoms. The fraction of sp³-hybridized carbons (Fsp3) is 0.647. The Morgan fingerprint density at radius 2 is 1.95 bits per heavy atom. The smallest absolute Gasteiger partial charge is 0.123 e. The van der Waals surface area contributed by atoms with Gasteiger partial charge in [0.1, 0.15) is 5.75 Å². The van der Waals surface area contributed by atoms with Crippen molar-refractivity contribution in [3.05, 3.63) is 28.2 Å². The molecule has 1 saturated carbocycles. The Morgan fingerprint density at radius 1 is 1.20 bits per heavy atom. The Hall–Kier alpha value is -0.540. The minimum Gasteiger partial charge on any atom is -0.493 e. The SMILES string of the molecule is CCCOc1ccc(Br)cc1CNC1CCCCCC1. The molecule has 0 aliphatic heterocycles. The van der Waals surface area contributed by atoms with Gasteiger partial charge in [-0.1, -0.05) is 48.5 Å². The van der Waals surface area contributed by atoms with Crippen LogP contribution in [0.4, 0.5) is 0 Å². The van der Waals surface area contributed by atoms with E-state index in [-0.39, 0.29) is 0 Å². The number of hydrogen-bond donors (Lipinski definition) is 1. The summed E-state index contributed by atoms with van der Waals surface area (Å²) in [4.78, 5) is 0. The maximum atomic E-state index is 5.85. The fourth-order valence-corrected chi connectivity index (χ4v) is 3.19. The molecule has 1 aliphatic carbocycles. The molecule has 2 rings (SSSR count). The highest BCUT2D eigenvalue weighted by Crippen LogP contribution is 2.24. The molecule has 1 N–H and O–H groups in total.